The Labute approximate surface area is 188 Å². The summed E-state index contributed by atoms with van der Waals surface area (Å²) in [7, 11) is 0. The molecule has 0 bridgehead atoms. The molecule has 0 spiro atoms. The third-order valence-electron chi connectivity index (χ3n) is 4.60. The van der Waals surface area contributed by atoms with Gasteiger partial charge >= 0.3 is 5.97 Å². The lowest BCUT2D eigenvalue weighted by molar-refractivity contribution is -0.143. The van der Waals surface area contributed by atoms with Crippen LogP contribution in [0.2, 0.25) is 0 Å². The van der Waals surface area contributed by atoms with Gasteiger partial charge in [-0.2, -0.15) is 11.8 Å². The number of carboxylic acid groups (broad SMARTS) is 1. The summed E-state index contributed by atoms with van der Waals surface area (Å²) in [5.41, 5.74) is 5.86. The Bertz CT molecular complexity index is 614. The molecule has 0 radical (unpaired) electrons. The maximum atomic E-state index is 12.8. The minimum atomic E-state index is -1.38. The molecule has 0 aromatic carbocycles. The third kappa shape index (κ3) is 10.8. The zero-order valence-corrected chi connectivity index (χ0v) is 20.0. The number of aliphatic hydroxyl groups excluding tert-OH is 1. The van der Waals surface area contributed by atoms with E-state index in [1.54, 1.807) is 25.6 Å². The Kier molecular flexibility index (Phi) is 13.4. The lowest BCUT2D eigenvalue weighted by atomic mass is 10.0. The van der Waals surface area contributed by atoms with Crippen LogP contribution in [0.3, 0.4) is 0 Å². The molecule has 0 aliphatic heterocycles. The van der Waals surface area contributed by atoms with E-state index in [4.69, 9.17) is 5.73 Å². The predicted molar refractivity (Wildman–Crippen MR) is 120 cm³/mol. The van der Waals surface area contributed by atoms with Crippen LogP contribution in [0, 0.1) is 11.8 Å². The first-order chi connectivity index (χ1) is 14.3. The van der Waals surface area contributed by atoms with Gasteiger partial charge in [-0.15, -0.1) is 0 Å². The normalized spacial score (nSPS) is 16.2. The zero-order valence-electron chi connectivity index (χ0n) is 19.2. The van der Waals surface area contributed by atoms with Crippen LogP contribution in [-0.4, -0.2) is 76.2 Å². The number of thioether (sulfide) groups is 1. The average molecular weight is 463 g/mol. The number of carbonyl (C=O) groups excluding carboxylic acids is 3. The van der Waals surface area contributed by atoms with Crippen molar-refractivity contribution in [3.05, 3.63) is 0 Å². The molecular weight excluding hydrogens is 424 g/mol. The van der Waals surface area contributed by atoms with Crippen LogP contribution >= 0.6 is 11.8 Å². The number of carbonyl (C=O) groups is 4. The van der Waals surface area contributed by atoms with Crippen molar-refractivity contribution in [1.29, 1.82) is 0 Å². The molecule has 0 heterocycles. The molecule has 31 heavy (non-hydrogen) atoms. The number of carboxylic acids is 1. The fourth-order valence-corrected chi connectivity index (χ4v) is 3.26. The SMILES string of the molecule is CSCCC(N)C(=O)NC(C(=O)NC(C(=O)NC(CC(C)C)C(=O)O)C(C)O)C(C)C. The van der Waals surface area contributed by atoms with Crippen LogP contribution in [0.1, 0.15) is 47.5 Å². The largest absolute Gasteiger partial charge is 0.480 e. The summed E-state index contributed by atoms with van der Waals surface area (Å²) in [4.78, 5) is 49.1. The third-order valence-corrected chi connectivity index (χ3v) is 5.24. The van der Waals surface area contributed by atoms with Gasteiger partial charge < -0.3 is 31.9 Å². The summed E-state index contributed by atoms with van der Waals surface area (Å²) in [5, 5.41) is 26.7. The number of aliphatic hydroxyl groups is 1. The minimum Gasteiger partial charge on any atom is -0.480 e. The summed E-state index contributed by atoms with van der Waals surface area (Å²) in [5.74, 6) is -2.79. The summed E-state index contributed by atoms with van der Waals surface area (Å²) in [6.07, 6.45) is 1.25. The molecule has 0 rings (SSSR count). The van der Waals surface area contributed by atoms with Gasteiger partial charge in [0.05, 0.1) is 12.1 Å². The van der Waals surface area contributed by atoms with Crippen LogP contribution in [0.15, 0.2) is 0 Å². The molecule has 0 saturated heterocycles. The summed E-state index contributed by atoms with van der Waals surface area (Å²) in [6, 6.07) is -4.29. The Morgan fingerprint density at radius 3 is 1.84 bits per heavy atom. The topological polar surface area (TPSA) is 171 Å². The maximum absolute atomic E-state index is 12.8. The maximum Gasteiger partial charge on any atom is 0.326 e. The van der Waals surface area contributed by atoms with Crippen LogP contribution in [0.25, 0.3) is 0 Å². The van der Waals surface area contributed by atoms with Crippen molar-refractivity contribution in [2.45, 2.75) is 77.7 Å². The van der Waals surface area contributed by atoms with Crippen LogP contribution in [-0.2, 0) is 19.2 Å². The molecule has 0 aliphatic carbocycles. The average Bonchev–Trinajstić information content (AvgIpc) is 2.66. The highest BCUT2D eigenvalue weighted by molar-refractivity contribution is 7.98. The van der Waals surface area contributed by atoms with Crippen molar-refractivity contribution in [1.82, 2.24) is 16.0 Å². The van der Waals surface area contributed by atoms with E-state index < -0.39 is 54.0 Å². The fourth-order valence-electron chi connectivity index (χ4n) is 2.77. The quantitative estimate of drug-likeness (QED) is 0.204. The van der Waals surface area contributed by atoms with Crippen LogP contribution < -0.4 is 21.7 Å². The van der Waals surface area contributed by atoms with E-state index in [-0.39, 0.29) is 18.3 Å². The lowest BCUT2D eigenvalue weighted by Crippen LogP contribution is -2.60. The summed E-state index contributed by atoms with van der Waals surface area (Å²) >= 11 is 1.55. The van der Waals surface area contributed by atoms with E-state index in [9.17, 15) is 29.4 Å². The van der Waals surface area contributed by atoms with Crippen molar-refractivity contribution in [2.75, 3.05) is 12.0 Å². The second kappa shape index (κ2) is 14.3. The number of hydrogen-bond acceptors (Lipinski definition) is 7. The van der Waals surface area contributed by atoms with Gasteiger partial charge in [0.1, 0.15) is 18.1 Å². The number of aliphatic carboxylic acids is 1. The van der Waals surface area contributed by atoms with Gasteiger partial charge in [-0.05, 0) is 43.6 Å². The van der Waals surface area contributed by atoms with E-state index in [0.29, 0.717) is 12.2 Å². The van der Waals surface area contributed by atoms with Crippen LogP contribution in [0.4, 0.5) is 0 Å². The van der Waals surface area contributed by atoms with Crippen molar-refractivity contribution in [3.8, 4) is 0 Å². The first-order valence-corrected chi connectivity index (χ1v) is 11.8. The number of nitrogens with one attached hydrogen (secondary N) is 3. The van der Waals surface area contributed by atoms with Crippen LogP contribution in [0.5, 0.6) is 0 Å². The highest BCUT2D eigenvalue weighted by Gasteiger charge is 2.33. The number of nitrogens with two attached hydrogens (primary N) is 1. The number of rotatable bonds is 14. The second-order valence-corrected chi connectivity index (χ2v) is 9.36. The molecule has 180 valence electrons. The van der Waals surface area contributed by atoms with E-state index in [0.717, 1.165) is 0 Å². The van der Waals surface area contributed by atoms with Gasteiger partial charge in [0.25, 0.3) is 0 Å². The fraction of sp³-hybridized carbons (Fsp3) is 0.800. The van der Waals surface area contributed by atoms with Gasteiger partial charge in [-0.25, -0.2) is 4.79 Å². The van der Waals surface area contributed by atoms with E-state index >= 15 is 0 Å². The molecule has 7 N–H and O–H groups in total. The molecule has 5 atom stereocenters. The predicted octanol–water partition coefficient (Wildman–Crippen LogP) is -0.311. The molecular formula is C20H38N4O6S. The molecule has 0 aliphatic rings. The van der Waals surface area contributed by atoms with Gasteiger partial charge in [0.15, 0.2) is 0 Å². The Hall–Kier alpha value is -1.85. The molecule has 10 nitrogen and oxygen atoms in total. The molecule has 0 aromatic rings. The van der Waals surface area contributed by atoms with Gasteiger partial charge in [-0.1, -0.05) is 27.7 Å². The molecule has 3 amide bonds. The van der Waals surface area contributed by atoms with Crippen molar-refractivity contribution in [2.24, 2.45) is 17.6 Å². The first kappa shape index (κ1) is 29.1. The molecule has 0 saturated carbocycles. The van der Waals surface area contributed by atoms with E-state index in [2.05, 4.69) is 16.0 Å². The van der Waals surface area contributed by atoms with Gasteiger partial charge in [-0.3, -0.25) is 14.4 Å². The minimum absolute atomic E-state index is 0.0110. The first-order valence-electron chi connectivity index (χ1n) is 10.4. The van der Waals surface area contributed by atoms with Gasteiger partial charge in [0, 0.05) is 0 Å². The molecule has 5 unspecified atom stereocenters. The Balaban J connectivity index is 5.29. The Morgan fingerprint density at radius 2 is 1.42 bits per heavy atom. The number of hydrogen-bond donors (Lipinski definition) is 6. The summed E-state index contributed by atoms with van der Waals surface area (Å²) < 4.78 is 0. The highest BCUT2D eigenvalue weighted by Crippen LogP contribution is 2.08. The Morgan fingerprint density at radius 1 is 0.903 bits per heavy atom. The monoisotopic (exact) mass is 462 g/mol. The van der Waals surface area contributed by atoms with Gasteiger partial charge in [0.2, 0.25) is 17.7 Å². The zero-order chi connectivity index (χ0) is 24.3. The number of amides is 3. The standard InChI is InChI=1S/C20H38N4O6S/c1-10(2)9-14(20(29)30)22-19(28)16(12(5)25)24-18(27)15(11(3)4)23-17(26)13(21)7-8-31-6/h10-16,25H,7-9,21H2,1-6H3,(H,22,28)(H,23,26)(H,24,27)(H,29,30). The highest BCUT2D eigenvalue weighted by atomic mass is 32.2. The molecule has 0 aromatic heterocycles. The smallest absolute Gasteiger partial charge is 0.326 e. The molecule has 11 heteroatoms. The second-order valence-electron chi connectivity index (χ2n) is 8.37. The van der Waals surface area contributed by atoms with Crippen molar-refractivity contribution in [3.63, 3.8) is 0 Å². The molecule has 0 fully saturated rings. The lowest BCUT2D eigenvalue weighted by Gasteiger charge is -2.28. The van der Waals surface area contributed by atoms with E-state index in [1.807, 2.05) is 20.1 Å². The van der Waals surface area contributed by atoms with Crippen molar-refractivity contribution >= 4 is 35.5 Å². The summed E-state index contributed by atoms with van der Waals surface area (Å²) in [6.45, 7) is 8.38. The van der Waals surface area contributed by atoms with E-state index in [1.165, 1.54) is 6.92 Å². The van der Waals surface area contributed by atoms with Crippen molar-refractivity contribution < 1.29 is 29.4 Å².